The summed E-state index contributed by atoms with van der Waals surface area (Å²) < 4.78 is 31.6. The van der Waals surface area contributed by atoms with Crippen molar-refractivity contribution in [3.63, 3.8) is 0 Å². The number of hydrogen-bond acceptors (Lipinski definition) is 3. The summed E-state index contributed by atoms with van der Waals surface area (Å²) in [6.07, 6.45) is 0.760. The van der Waals surface area contributed by atoms with Crippen LogP contribution in [0, 0.1) is 11.6 Å². The zero-order chi connectivity index (χ0) is 14.1. The Morgan fingerprint density at radius 2 is 2.11 bits per heavy atom. The van der Waals surface area contributed by atoms with Crippen LogP contribution < -0.4 is 5.32 Å². The third kappa shape index (κ3) is 6.09. The number of aliphatic hydroxyl groups is 1. The fraction of sp³-hybridized carbons (Fsp3) is 0.571. The van der Waals surface area contributed by atoms with Gasteiger partial charge >= 0.3 is 0 Å². The van der Waals surface area contributed by atoms with Gasteiger partial charge in [-0.15, -0.1) is 0 Å². The zero-order valence-corrected chi connectivity index (χ0v) is 11.2. The average Bonchev–Trinajstić information content (AvgIpc) is 2.40. The van der Waals surface area contributed by atoms with E-state index in [1.807, 2.05) is 6.92 Å². The van der Waals surface area contributed by atoms with Crippen LogP contribution in [0.15, 0.2) is 18.2 Å². The lowest BCUT2D eigenvalue weighted by molar-refractivity contribution is 0.129. The zero-order valence-electron chi connectivity index (χ0n) is 11.2. The van der Waals surface area contributed by atoms with Gasteiger partial charge in [-0.3, -0.25) is 0 Å². The molecule has 0 aromatic heterocycles. The highest BCUT2D eigenvalue weighted by Gasteiger charge is 2.13. The van der Waals surface area contributed by atoms with Crippen molar-refractivity contribution in [2.24, 2.45) is 0 Å². The number of hydrogen-bond donors (Lipinski definition) is 2. The molecule has 1 aromatic rings. The SMILES string of the molecule is CCCOCCCNCC(O)c1cc(F)ccc1F. The molecule has 0 amide bonds. The Labute approximate surface area is 112 Å². The number of rotatable bonds is 9. The molecular formula is C14H21F2NO2. The molecule has 0 fully saturated rings. The summed E-state index contributed by atoms with van der Waals surface area (Å²) in [6, 6.07) is 3.07. The van der Waals surface area contributed by atoms with Gasteiger partial charge in [0, 0.05) is 25.3 Å². The van der Waals surface area contributed by atoms with Gasteiger partial charge in [0.05, 0.1) is 6.10 Å². The molecule has 0 heterocycles. The van der Waals surface area contributed by atoms with Crippen LogP contribution in [-0.4, -0.2) is 31.4 Å². The number of ether oxygens (including phenoxy) is 1. The van der Waals surface area contributed by atoms with Crippen molar-refractivity contribution in [1.29, 1.82) is 0 Å². The van der Waals surface area contributed by atoms with Crippen molar-refractivity contribution in [1.82, 2.24) is 5.32 Å². The Morgan fingerprint density at radius 1 is 1.32 bits per heavy atom. The maximum atomic E-state index is 13.4. The summed E-state index contributed by atoms with van der Waals surface area (Å²) in [5, 5.41) is 12.8. The fourth-order valence-electron chi connectivity index (χ4n) is 1.66. The van der Waals surface area contributed by atoms with Gasteiger partial charge in [-0.1, -0.05) is 6.92 Å². The van der Waals surface area contributed by atoms with Crippen molar-refractivity contribution in [2.45, 2.75) is 25.9 Å². The molecule has 0 spiro atoms. The van der Waals surface area contributed by atoms with Crippen LogP contribution in [0.2, 0.25) is 0 Å². The van der Waals surface area contributed by atoms with E-state index in [9.17, 15) is 13.9 Å². The molecule has 0 aliphatic carbocycles. The number of nitrogens with one attached hydrogen (secondary N) is 1. The third-order valence-electron chi connectivity index (χ3n) is 2.65. The van der Waals surface area contributed by atoms with Gasteiger partial charge in [0.1, 0.15) is 11.6 Å². The van der Waals surface area contributed by atoms with E-state index < -0.39 is 17.7 Å². The van der Waals surface area contributed by atoms with Gasteiger partial charge in [-0.25, -0.2) is 8.78 Å². The molecule has 1 atom stereocenters. The molecule has 0 saturated heterocycles. The summed E-state index contributed by atoms with van der Waals surface area (Å²) in [5.41, 5.74) is -0.0188. The molecule has 3 nitrogen and oxygen atoms in total. The summed E-state index contributed by atoms with van der Waals surface area (Å²) in [5.74, 6) is -1.15. The Hall–Kier alpha value is -1.04. The van der Waals surface area contributed by atoms with Crippen LogP contribution in [0.3, 0.4) is 0 Å². The van der Waals surface area contributed by atoms with Gasteiger partial charge in [0.2, 0.25) is 0 Å². The maximum absolute atomic E-state index is 13.4. The summed E-state index contributed by atoms with van der Waals surface area (Å²) >= 11 is 0. The first-order valence-corrected chi connectivity index (χ1v) is 6.56. The highest BCUT2D eigenvalue weighted by Crippen LogP contribution is 2.17. The molecule has 5 heteroatoms. The largest absolute Gasteiger partial charge is 0.387 e. The van der Waals surface area contributed by atoms with Gasteiger partial charge in [0.25, 0.3) is 0 Å². The van der Waals surface area contributed by atoms with Crippen molar-refractivity contribution < 1.29 is 18.6 Å². The molecule has 1 aromatic carbocycles. The van der Waals surface area contributed by atoms with Crippen LogP contribution in [0.1, 0.15) is 31.4 Å². The van der Waals surface area contributed by atoms with Crippen molar-refractivity contribution >= 4 is 0 Å². The summed E-state index contributed by atoms with van der Waals surface area (Å²) in [4.78, 5) is 0. The van der Waals surface area contributed by atoms with Gasteiger partial charge in [-0.05, 0) is 37.6 Å². The topological polar surface area (TPSA) is 41.5 Å². The van der Waals surface area contributed by atoms with Crippen LogP contribution in [0.25, 0.3) is 0 Å². The molecule has 0 bridgehead atoms. The molecule has 0 radical (unpaired) electrons. The van der Waals surface area contributed by atoms with Crippen LogP contribution >= 0.6 is 0 Å². The Kier molecular flexibility index (Phi) is 7.55. The molecule has 1 rings (SSSR count). The quantitative estimate of drug-likeness (QED) is 0.679. The number of halogens is 2. The van der Waals surface area contributed by atoms with E-state index in [1.165, 1.54) is 0 Å². The van der Waals surface area contributed by atoms with E-state index in [-0.39, 0.29) is 12.1 Å². The van der Waals surface area contributed by atoms with E-state index in [0.29, 0.717) is 13.2 Å². The van der Waals surface area contributed by atoms with E-state index >= 15 is 0 Å². The standard InChI is InChI=1S/C14H21F2NO2/c1-2-7-19-8-3-6-17-10-14(18)12-9-11(15)4-5-13(12)16/h4-5,9,14,17-18H,2-3,6-8,10H2,1H3. The predicted octanol–water partition coefficient (Wildman–Crippen LogP) is 2.40. The summed E-state index contributed by atoms with van der Waals surface area (Å²) in [7, 11) is 0. The summed E-state index contributed by atoms with van der Waals surface area (Å²) in [6.45, 7) is 4.30. The van der Waals surface area contributed by atoms with E-state index in [1.54, 1.807) is 0 Å². The third-order valence-corrected chi connectivity index (χ3v) is 2.65. The fourth-order valence-corrected chi connectivity index (χ4v) is 1.66. The molecule has 0 saturated carbocycles. The first-order chi connectivity index (χ1) is 9.15. The lowest BCUT2D eigenvalue weighted by atomic mass is 10.1. The van der Waals surface area contributed by atoms with Gasteiger partial charge < -0.3 is 15.2 Å². The molecule has 1 unspecified atom stereocenters. The second kappa shape index (κ2) is 8.96. The molecule has 2 N–H and O–H groups in total. The van der Waals surface area contributed by atoms with Gasteiger partial charge in [0.15, 0.2) is 0 Å². The monoisotopic (exact) mass is 273 g/mol. The highest BCUT2D eigenvalue weighted by molar-refractivity contribution is 5.21. The minimum atomic E-state index is -1.05. The second-order valence-electron chi connectivity index (χ2n) is 4.35. The van der Waals surface area contributed by atoms with Crippen LogP contribution in [0.5, 0.6) is 0 Å². The molecule has 0 aliphatic rings. The lowest BCUT2D eigenvalue weighted by Crippen LogP contribution is -2.24. The smallest absolute Gasteiger partial charge is 0.129 e. The Morgan fingerprint density at radius 3 is 2.84 bits per heavy atom. The van der Waals surface area contributed by atoms with E-state index in [4.69, 9.17) is 4.74 Å². The van der Waals surface area contributed by atoms with E-state index in [0.717, 1.165) is 37.6 Å². The van der Waals surface area contributed by atoms with Crippen LogP contribution in [-0.2, 0) is 4.74 Å². The average molecular weight is 273 g/mol. The first kappa shape index (κ1) is 16.0. The molecule has 108 valence electrons. The Bertz CT molecular complexity index is 374. The lowest BCUT2D eigenvalue weighted by Gasteiger charge is -2.13. The highest BCUT2D eigenvalue weighted by atomic mass is 19.1. The maximum Gasteiger partial charge on any atom is 0.129 e. The second-order valence-corrected chi connectivity index (χ2v) is 4.35. The van der Waals surface area contributed by atoms with Crippen molar-refractivity contribution in [2.75, 3.05) is 26.3 Å². The number of aliphatic hydroxyl groups excluding tert-OH is 1. The van der Waals surface area contributed by atoms with Crippen molar-refractivity contribution in [3.8, 4) is 0 Å². The predicted molar refractivity (Wildman–Crippen MR) is 69.9 cm³/mol. The Balaban J connectivity index is 2.23. The molecule has 0 aliphatic heterocycles. The minimum absolute atomic E-state index is 0.0188. The molecule has 19 heavy (non-hydrogen) atoms. The van der Waals surface area contributed by atoms with Crippen molar-refractivity contribution in [3.05, 3.63) is 35.4 Å². The first-order valence-electron chi connectivity index (χ1n) is 6.56. The minimum Gasteiger partial charge on any atom is -0.387 e. The number of benzene rings is 1. The van der Waals surface area contributed by atoms with Gasteiger partial charge in [-0.2, -0.15) is 0 Å². The normalized spacial score (nSPS) is 12.6. The molecular weight excluding hydrogens is 252 g/mol. The van der Waals surface area contributed by atoms with E-state index in [2.05, 4.69) is 5.32 Å². The van der Waals surface area contributed by atoms with Crippen LogP contribution in [0.4, 0.5) is 8.78 Å².